The third kappa shape index (κ3) is 2.41. The molecule has 1 fully saturated rings. The highest BCUT2D eigenvalue weighted by Gasteiger charge is 2.41. The molecule has 0 heterocycles. The quantitative estimate of drug-likeness (QED) is 0.810. The number of halogens is 1. The first-order valence-corrected chi connectivity index (χ1v) is 7.01. The number of hydrogen-bond donors (Lipinski definition) is 2. The van der Waals surface area contributed by atoms with Gasteiger partial charge in [-0.2, -0.15) is 11.8 Å². The number of rotatable bonds is 4. The zero-order valence-corrected chi connectivity index (χ0v) is 11.2. The van der Waals surface area contributed by atoms with E-state index >= 15 is 0 Å². The van der Waals surface area contributed by atoms with E-state index < -0.39 is 0 Å². The highest BCUT2D eigenvalue weighted by molar-refractivity contribution is 8.00. The van der Waals surface area contributed by atoms with E-state index in [1.165, 1.54) is 12.8 Å². The van der Waals surface area contributed by atoms with Gasteiger partial charge in [-0.15, -0.1) is 0 Å². The van der Waals surface area contributed by atoms with Gasteiger partial charge in [0.15, 0.2) is 0 Å². The summed E-state index contributed by atoms with van der Waals surface area (Å²) in [6, 6.07) is 3.84. The van der Waals surface area contributed by atoms with Crippen LogP contribution < -0.4 is 11.1 Å². The van der Waals surface area contributed by atoms with Crippen LogP contribution in [0.4, 0.5) is 11.4 Å². The minimum atomic E-state index is 0.459. The van der Waals surface area contributed by atoms with Crippen LogP contribution in [0.1, 0.15) is 18.4 Å². The monoisotopic (exact) mass is 256 g/mol. The van der Waals surface area contributed by atoms with Crippen molar-refractivity contribution in [3.63, 3.8) is 0 Å². The zero-order chi connectivity index (χ0) is 11.8. The lowest BCUT2D eigenvalue weighted by atomic mass is 10.1. The molecule has 1 aliphatic carbocycles. The molecule has 4 heteroatoms. The van der Waals surface area contributed by atoms with Gasteiger partial charge in [0.25, 0.3) is 0 Å². The Kier molecular flexibility index (Phi) is 3.27. The maximum Gasteiger partial charge on any atom is 0.0656 e. The van der Waals surface area contributed by atoms with Crippen molar-refractivity contribution in [3.05, 3.63) is 22.7 Å². The molecule has 2 rings (SSSR count). The molecule has 0 atom stereocenters. The van der Waals surface area contributed by atoms with Crippen molar-refractivity contribution in [2.75, 3.05) is 23.9 Å². The lowest BCUT2D eigenvalue weighted by molar-refractivity contribution is 0.947. The molecular formula is C12H17ClN2S. The van der Waals surface area contributed by atoms with Gasteiger partial charge in [-0.1, -0.05) is 11.6 Å². The molecule has 1 aromatic carbocycles. The number of anilines is 2. The van der Waals surface area contributed by atoms with Crippen LogP contribution in [0.5, 0.6) is 0 Å². The molecule has 0 spiro atoms. The van der Waals surface area contributed by atoms with Gasteiger partial charge >= 0.3 is 0 Å². The van der Waals surface area contributed by atoms with Crippen molar-refractivity contribution in [3.8, 4) is 0 Å². The Hall–Kier alpha value is -0.540. The molecule has 1 aromatic rings. The van der Waals surface area contributed by atoms with Gasteiger partial charge in [0.2, 0.25) is 0 Å². The van der Waals surface area contributed by atoms with Crippen LogP contribution in [0.15, 0.2) is 12.1 Å². The molecule has 0 amide bonds. The van der Waals surface area contributed by atoms with Crippen molar-refractivity contribution in [1.82, 2.24) is 0 Å². The summed E-state index contributed by atoms with van der Waals surface area (Å²) in [7, 11) is 0. The van der Waals surface area contributed by atoms with Gasteiger partial charge < -0.3 is 11.1 Å². The fraction of sp³-hybridized carbons (Fsp3) is 0.500. The first-order chi connectivity index (χ1) is 7.56. The third-order valence-corrected chi connectivity index (χ3v) is 4.93. The largest absolute Gasteiger partial charge is 0.398 e. The smallest absolute Gasteiger partial charge is 0.0656 e. The molecule has 0 saturated heterocycles. The third-order valence-electron chi connectivity index (χ3n) is 3.19. The van der Waals surface area contributed by atoms with Gasteiger partial charge in [-0.25, -0.2) is 0 Å². The molecule has 0 radical (unpaired) electrons. The summed E-state index contributed by atoms with van der Waals surface area (Å²) in [4.78, 5) is 0. The highest BCUT2D eigenvalue weighted by Crippen LogP contribution is 2.47. The maximum absolute atomic E-state index is 6.02. The topological polar surface area (TPSA) is 38.0 Å². The summed E-state index contributed by atoms with van der Waals surface area (Å²) in [5.74, 6) is 0. The summed E-state index contributed by atoms with van der Waals surface area (Å²) in [6.07, 6.45) is 4.79. The first kappa shape index (κ1) is 11.9. The van der Waals surface area contributed by atoms with Gasteiger partial charge in [-0.05, 0) is 43.7 Å². The van der Waals surface area contributed by atoms with Crippen LogP contribution in [0, 0.1) is 6.92 Å². The van der Waals surface area contributed by atoms with Crippen molar-refractivity contribution in [1.29, 1.82) is 0 Å². The number of nitrogens with two attached hydrogens (primary N) is 1. The molecule has 1 aliphatic rings. The molecule has 0 bridgehead atoms. The Balaban J connectivity index is 2.07. The van der Waals surface area contributed by atoms with E-state index in [9.17, 15) is 0 Å². The van der Waals surface area contributed by atoms with Crippen LogP contribution in [-0.4, -0.2) is 17.5 Å². The number of benzene rings is 1. The molecular weight excluding hydrogens is 240 g/mol. The van der Waals surface area contributed by atoms with Gasteiger partial charge in [0.05, 0.1) is 10.7 Å². The standard InChI is InChI=1S/C12H17ClN2S/c1-8-5-10(14)9(13)6-11(8)15-7-12(16-2)3-4-12/h5-6,15H,3-4,7,14H2,1-2H3. The molecule has 0 unspecified atom stereocenters. The summed E-state index contributed by atoms with van der Waals surface area (Å²) in [5.41, 5.74) is 8.64. The van der Waals surface area contributed by atoms with Crippen LogP contribution in [0.25, 0.3) is 0 Å². The SMILES string of the molecule is CSC1(CNc2cc(Cl)c(N)cc2C)CC1. The highest BCUT2D eigenvalue weighted by atomic mass is 35.5. The first-order valence-electron chi connectivity index (χ1n) is 5.41. The fourth-order valence-electron chi connectivity index (χ4n) is 1.74. The Morgan fingerprint density at radius 1 is 1.50 bits per heavy atom. The van der Waals surface area contributed by atoms with E-state index in [0.717, 1.165) is 17.8 Å². The van der Waals surface area contributed by atoms with E-state index in [-0.39, 0.29) is 0 Å². The molecule has 0 aromatic heterocycles. The van der Waals surface area contributed by atoms with Crippen molar-refractivity contribution in [2.24, 2.45) is 0 Å². The number of nitrogen functional groups attached to an aromatic ring is 1. The second-order valence-electron chi connectivity index (χ2n) is 4.43. The van der Waals surface area contributed by atoms with Crippen molar-refractivity contribution >= 4 is 34.7 Å². The average Bonchev–Trinajstić information content (AvgIpc) is 3.02. The molecule has 3 N–H and O–H groups in total. The second-order valence-corrected chi connectivity index (χ2v) is 6.11. The summed E-state index contributed by atoms with van der Waals surface area (Å²) < 4.78 is 0.459. The van der Waals surface area contributed by atoms with E-state index in [2.05, 4.69) is 11.6 Å². The van der Waals surface area contributed by atoms with Gasteiger partial charge in [0, 0.05) is 17.0 Å². The number of thioether (sulfide) groups is 1. The van der Waals surface area contributed by atoms with Gasteiger partial charge in [0.1, 0.15) is 0 Å². The number of hydrogen-bond acceptors (Lipinski definition) is 3. The van der Waals surface area contributed by atoms with E-state index in [0.29, 0.717) is 15.5 Å². The van der Waals surface area contributed by atoms with E-state index in [1.807, 2.05) is 30.8 Å². The Morgan fingerprint density at radius 2 is 2.19 bits per heavy atom. The van der Waals surface area contributed by atoms with Crippen molar-refractivity contribution < 1.29 is 0 Å². The van der Waals surface area contributed by atoms with Gasteiger partial charge in [-0.3, -0.25) is 0 Å². The summed E-state index contributed by atoms with van der Waals surface area (Å²) in [5, 5.41) is 4.10. The van der Waals surface area contributed by atoms with E-state index in [1.54, 1.807) is 0 Å². The molecule has 0 aliphatic heterocycles. The summed E-state index contributed by atoms with van der Waals surface area (Å²) >= 11 is 7.97. The number of nitrogens with one attached hydrogen (secondary N) is 1. The number of aryl methyl sites for hydroxylation is 1. The molecule has 2 nitrogen and oxygen atoms in total. The molecule has 16 heavy (non-hydrogen) atoms. The lowest BCUT2D eigenvalue weighted by Crippen LogP contribution is -2.17. The molecule has 1 saturated carbocycles. The maximum atomic E-state index is 6.02. The van der Waals surface area contributed by atoms with Crippen LogP contribution in [0.2, 0.25) is 5.02 Å². The predicted molar refractivity (Wildman–Crippen MR) is 74.6 cm³/mol. The normalized spacial score (nSPS) is 17.2. The Labute approximate surface area is 106 Å². The fourth-order valence-corrected chi connectivity index (χ4v) is 2.63. The van der Waals surface area contributed by atoms with Crippen molar-refractivity contribution in [2.45, 2.75) is 24.5 Å². The second kappa shape index (κ2) is 4.38. The predicted octanol–water partition coefficient (Wildman–Crippen LogP) is 3.54. The van der Waals surface area contributed by atoms with Crippen LogP contribution >= 0.6 is 23.4 Å². The lowest BCUT2D eigenvalue weighted by Gasteiger charge is -2.16. The Bertz CT molecular complexity index is 402. The van der Waals surface area contributed by atoms with E-state index in [4.69, 9.17) is 17.3 Å². The van der Waals surface area contributed by atoms with Crippen LogP contribution in [0.3, 0.4) is 0 Å². The average molecular weight is 257 g/mol. The zero-order valence-electron chi connectivity index (χ0n) is 9.64. The Morgan fingerprint density at radius 3 is 2.75 bits per heavy atom. The minimum absolute atomic E-state index is 0.459. The van der Waals surface area contributed by atoms with Crippen LogP contribution in [-0.2, 0) is 0 Å². The molecule has 88 valence electrons. The minimum Gasteiger partial charge on any atom is -0.398 e. The summed E-state index contributed by atoms with van der Waals surface area (Å²) in [6.45, 7) is 3.06.